The topological polar surface area (TPSA) is 71.5 Å². The van der Waals surface area contributed by atoms with Crippen molar-refractivity contribution < 1.29 is 27.5 Å². The van der Waals surface area contributed by atoms with Gasteiger partial charge in [-0.3, -0.25) is 9.59 Å². The summed E-state index contributed by atoms with van der Waals surface area (Å²) in [5.41, 5.74) is 0.407. The molecule has 1 aromatic carbocycles. The number of rotatable bonds is 5. The number of alkyl halides is 3. The molecule has 0 saturated carbocycles. The number of benzene rings is 1. The van der Waals surface area contributed by atoms with Crippen molar-refractivity contribution in [3.05, 3.63) is 47.1 Å². The molecule has 0 aliphatic heterocycles. The smallest absolute Gasteiger partial charge is 0.422 e. The van der Waals surface area contributed by atoms with E-state index < -0.39 is 24.6 Å². The number of halogens is 4. The predicted octanol–water partition coefficient (Wildman–Crippen LogP) is 4.70. The molecule has 0 unspecified atom stereocenters. The quantitative estimate of drug-likeness (QED) is 0.692. The Morgan fingerprint density at radius 3 is 2.57 bits per heavy atom. The molecule has 0 fully saturated rings. The first-order valence-electron chi connectivity index (χ1n) is 7.71. The van der Waals surface area contributed by atoms with Crippen LogP contribution in [0, 0.1) is 0 Å². The van der Waals surface area contributed by atoms with E-state index in [1.54, 1.807) is 38.4 Å². The zero-order valence-electron chi connectivity index (χ0n) is 14.7. The Bertz CT molecular complexity index is 878. The van der Waals surface area contributed by atoms with Gasteiger partial charge in [0.05, 0.1) is 11.3 Å². The maximum Gasteiger partial charge on any atom is 0.422 e. The average Bonchev–Trinajstić information content (AvgIpc) is 2.61. The van der Waals surface area contributed by atoms with E-state index in [2.05, 4.69) is 15.0 Å². The maximum absolute atomic E-state index is 12.4. The third-order valence-corrected chi connectivity index (χ3v) is 4.53. The van der Waals surface area contributed by atoms with Crippen molar-refractivity contribution in [2.75, 3.05) is 26.0 Å². The van der Waals surface area contributed by atoms with Crippen molar-refractivity contribution >= 4 is 40.2 Å². The number of aromatic nitrogens is 1. The molecule has 0 radical (unpaired) electrons. The lowest BCUT2D eigenvalue weighted by Crippen LogP contribution is -2.20. The fraction of sp³-hybridized carbons (Fsp3) is 0.235. The number of nitrogens with zero attached hydrogens (tertiary/aromatic N) is 2. The van der Waals surface area contributed by atoms with Gasteiger partial charge in [0.2, 0.25) is 5.88 Å². The highest BCUT2D eigenvalue weighted by molar-refractivity contribution is 8.13. The zero-order chi connectivity index (χ0) is 20.9. The molecule has 0 spiro atoms. The lowest BCUT2D eigenvalue weighted by Gasteiger charge is -2.13. The van der Waals surface area contributed by atoms with Crippen LogP contribution in [0.1, 0.15) is 10.4 Å². The number of ether oxygens (including phenoxy) is 1. The molecule has 28 heavy (non-hydrogen) atoms. The minimum absolute atomic E-state index is 0.0168. The Kier molecular flexibility index (Phi) is 7.14. The molecule has 150 valence electrons. The van der Waals surface area contributed by atoms with Gasteiger partial charge in [-0.25, -0.2) is 4.98 Å². The number of nitrogens with one attached hydrogen (secondary N) is 1. The third kappa shape index (κ3) is 6.31. The molecule has 0 saturated heterocycles. The Hall–Kier alpha value is -2.46. The Morgan fingerprint density at radius 2 is 1.96 bits per heavy atom. The number of para-hydroxylation sites is 1. The number of hydrogen-bond donors (Lipinski definition) is 1. The van der Waals surface area contributed by atoms with Crippen molar-refractivity contribution in [3.8, 4) is 5.88 Å². The molecule has 0 aliphatic rings. The Morgan fingerprint density at radius 1 is 1.29 bits per heavy atom. The van der Waals surface area contributed by atoms with Crippen LogP contribution in [0.15, 0.2) is 41.4 Å². The lowest BCUT2D eigenvalue weighted by atomic mass is 10.2. The summed E-state index contributed by atoms with van der Waals surface area (Å²) >= 11 is 6.79. The minimum Gasteiger partial charge on any atom is -0.467 e. The van der Waals surface area contributed by atoms with Crippen LogP contribution in [0.5, 0.6) is 5.88 Å². The van der Waals surface area contributed by atoms with E-state index in [-0.39, 0.29) is 15.8 Å². The summed E-state index contributed by atoms with van der Waals surface area (Å²) in [6.45, 7) is -1.55. The van der Waals surface area contributed by atoms with Crippen molar-refractivity contribution in [2.24, 2.45) is 0 Å². The molecule has 2 aromatic rings. The second kappa shape index (κ2) is 9.16. The molecule has 0 atom stereocenters. The van der Waals surface area contributed by atoms with Crippen LogP contribution >= 0.6 is 23.4 Å². The van der Waals surface area contributed by atoms with Gasteiger partial charge in [-0.05, 0) is 30.0 Å². The van der Waals surface area contributed by atoms with Crippen LogP contribution in [-0.4, -0.2) is 47.9 Å². The molecule has 1 aromatic heterocycles. The first-order chi connectivity index (χ1) is 13.1. The first-order valence-corrected chi connectivity index (χ1v) is 8.91. The van der Waals surface area contributed by atoms with Gasteiger partial charge in [0.1, 0.15) is 5.02 Å². The molecular formula is C17H15ClF3N3O3S. The molecule has 1 heterocycles. The molecular weight excluding hydrogens is 419 g/mol. The van der Waals surface area contributed by atoms with Crippen molar-refractivity contribution in [2.45, 2.75) is 11.1 Å². The first kappa shape index (κ1) is 21.8. The van der Waals surface area contributed by atoms with Gasteiger partial charge >= 0.3 is 6.18 Å². The number of thioether (sulfide) groups is 1. The van der Waals surface area contributed by atoms with Gasteiger partial charge in [0.15, 0.2) is 6.61 Å². The largest absolute Gasteiger partial charge is 0.467 e. The second-order valence-corrected chi connectivity index (χ2v) is 7.03. The maximum atomic E-state index is 12.4. The normalized spacial score (nSPS) is 11.1. The van der Waals surface area contributed by atoms with E-state index in [9.17, 15) is 22.8 Å². The summed E-state index contributed by atoms with van der Waals surface area (Å²) < 4.78 is 41.1. The summed E-state index contributed by atoms with van der Waals surface area (Å²) in [4.78, 5) is 29.9. The molecule has 0 bridgehead atoms. The minimum atomic E-state index is -4.54. The predicted molar refractivity (Wildman–Crippen MR) is 100 cm³/mol. The summed E-state index contributed by atoms with van der Waals surface area (Å²) in [7, 11) is 3.21. The van der Waals surface area contributed by atoms with Crippen molar-refractivity contribution in [1.29, 1.82) is 0 Å². The van der Waals surface area contributed by atoms with Gasteiger partial charge in [-0.15, -0.1) is 0 Å². The molecule has 11 heteroatoms. The fourth-order valence-corrected chi connectivity index (χ4v) is 2.81. The fourth-order valence-electron chi connectivity index (χ4n) is 1.84. The van der Waals surface area contributed by atoms with Crippen LogP contribution in [0.3, 0.4) is 0 Å². The molecule has 2 rings (SSSR count). The SMILES string of the molecule is CN(C)C(=O)Sc1ccccc1NC(=O)c1cnc(OCC(F)(F)F)c(Cl)c1. The van der Waals surface area contributed by atoms with Gasteiger partial charge < -0.3 is 15.0 Å². The Labute approximate surface area is 168 Å². The van der Waals surface area contributed by atoms with E-state index in [4.69, 9.17) is 11.6 Å². The monoisotopic (exact) mass is 433 g/mol. The van der Waals surface area contributed by atoms with Crippen LogP contribution in [0.2, 0.25) is 5.02 Å². The summed E-state index contributed by atoms with van der Waals surface area (Å²) in [5, 5.41) is 2.17. The van der Waals surface area contributed by atoms with E-state index in [1.807, 2.05) is 0 Å². The number of pyridine rings is 1. The summed E-state index contributed by atoms with van der Waals surface area (Å²) in [5.74, 6) is -1.02. The van der Waals surface area contributed by atoms with E-state index in [1.165, 1.54) is 4.90 Å². The van der Waals surface area contributed by atoms with E-state index in [0.29, 0.717) is 10.6 Å². The molecule has 2 amide bonds. The number of amides is 2. The van der Waals surface area contributed by atoms with Gasteiger partial charge in [0.25, 0.3) is 11.1 Å². The van der Waals surface area contributed by atoms with Gasteiger partial charge in [-0.1, -0.05) is 23.7 Å². The van der Waals surface area contributed by atoms with Crippen LogP contribution in [0.4, 0.5) is 23.7 Å². The van der Waals surface area contributed by atoms with E-state index in [0.717, 1.165) is 24.0 Å². The zero-order valence-corrected chi connectivity index (χ0v) is 16.3. The van der Waals surface area contributed by atoms with Crippen molar-refractivity contribution in [1.82, 2.24) is 9.88 Å². The van der Waals surface area contributed by atoms with Crippen LogP contribution in [0.25, 0.3) is 0 Å². The van der Waals surface area contributed by atoms with E-state index >= 15 is 0 Å². The number of hydrogen-bond acceptors (Lipinski definition) is 5. The molecule has 6 nitrogen and oxygen atoms in total. The highest BCUT2D eigenvalue weighted by Gasteiger charge is 2.29. The summed E-state index contributed by atoms with van der Waals surface area (Å²) in [6, 6.07) is 7.82. The number of anilines is 1. The van der Waals surface area contributed by atoms with Crippen LogP contribution in [-0.2, 0) is 0 Å². The highest BCUT2D eigenvalue weighted by Crippen LogP contribution is 2.30. The van der Waals surface area contributed by atoms with Crippen LogP contribution < -0.4 is 10.1 Å². The summed E-state index contributed by atoms with van der Waals surface area (Å²) in [6.07, 6.45) is -3.49. The number of carbonyl (C=O) groups is 2. The standard InChI is InChI=1S/C17H15ClF3N3O3S/c1-24(2)16(26)28-13-6-4-3-5-12(13)23-14(25)10-7-11(18)15(22-8-10)27-9-17(19,20)21/h3-8H,9H2,1-2H3,(H,23,25). The third-order valence-electron chi connectivity index (χ3n) is 3.14. The van der Waals surface area contributed by atoms with Gasteiger partial charge in [-0.2, -0.15) is 13.2 Å². The lowest BCUT2D eigenvalue weighted by molar-refractivity contribution is -0.154. The van der Waals surface area contributed by atoms with Gasteiger partial charge in [0, 0.05) is 25.2 Å². The highest BCUT2D eigenvalue weighted by atomic mass is 35.5. The van der Waals surface area contributed by atoms with Crippen molar-refractivity contribution in [3.63, 3.8) is 0 Å². The second-order valence-electron chi connectivity index (χ2n) is 5.63. The Balaban J connectivity index is 2.13. The molecule has 1 N–H and O–H groups in total. The number of carbonyl (C=O) groups excluding carboxylic acids is 2. The molecule has 0 aliphatic carbocycles. The average molecular weight is 434 g/mol.